The topological polar surface area (TPSA) is 43.9 Å². The molecule has 0 saturated carbocycles. The largest absolute Gasteiger partial charge is 0.451 e. The van der Waals surface area contributed by atoms with E-state index in [1.54, 1.807) is 0 Å². The molecule has 10 aromatic rings. The predicted molar refractivity (Wildman–Crippen MR) is 179 cm³/mol. The van der Waals surface area contributed by atoms with Gasteiger partial charge in [-0.3, -0.25) is 4.57 Å². The fraction of sp³-hybridized carbons (Fsp3) is 0. The summed E-state index contributed by atoms with van der Waals surface area (Å²) in [4.78, 5) is 10.6. The van der Waals surface area contributed by atoms with Gasteiger partial charge in [-0.2, -0.15) is 0 Å². The highest BCUT2D eigenvalue weighted by atomic mass is 32.1. The molecule has 5 heteroatoms. The van der Waals surface area contributed by atoms with Gasteiger partial charge in [0.1, 0.15) is 16.8 Å². The molecule has 4 nitrogen and oxygen atoms in total. The summed E-state index contributed by atoms with van der Waals surface area (Å²) in [6.45, 7) is 0. The maximum atomic E-state index is 6.66. The van der Waals surface area contributed by atoms with E-state index in [0.717, 1.165) is 49.5 Å². The van der Waals surface area contributed by atoms with Gasteiger partial charge in [-0.1, -0.05) is 97.1 Å². The Kier molecular flexibility index (Phi) is 4.57. The number of hydrogen-bond donors (Lipinski definition) is 0. The van der Waals surface area contributed by atoms with Gasteiger partial charge in [0.05, 0.1) is 11.0 Å². The molecule has 0 spiro atoms. The number of rotatable bonds is 2. The minimum Gasteiger partial charge on any atom is -0.451 e. The van der Waals surface area contributed by atoms with E-state index in [2.05, 4.69) is 114 Å². The average molecular weight is 568 g/mol. The first kappa shape index (κ1) is 23.1. The lowest BCUT2D eigenvalue weighted by atomic mass is 10.1. The normalized spacial score (nSPS) is 12.2. The minimum absolute atomic E-state index is 0.633. The van der Waals surface area contributed by atoms with Crippen LogP contribution in [0, 0.1) is 0 Å². The van der Waals surface area contributed by atoms with E-state index in [4.69, 9.17) is 14.4 Å². The molecule has 0 aliphatic carbocycles. The molecule has 0 amide bonds. The fourth-order valence-electron chi connectivity index (χ4n) is 6.65. The van der Waals surface area contributed by atoms with Gasteiger partial charge in [0.15, 0.2) is 5.58 Å². The van der Waals surface area contributed by atoms with Crippen molar-refractivity contribution in [2.75, 3.05) is 0 Å². The van der Waals surface area contributed by atoms with Gasteiger partial charge < -0.3 is 4.42 Å². The number of nitrogens with zero attached hydrogens (tertiary/aromatic N) is 3. The van der Waals surface area contributed by atoms with Crippen LogP contribution in [0.2, 0.25) is 0 Å². The van der Waals surface area contributed by atoms with Gasteiger partial charge in [-0.25, -0.2) is 9.97 Å². The number of furan rings is 1. The molecule has 0 aliphatic heterocycles. The number of para-hydroxylation sites is 1. The predicted octanol–water partition coefficient (Wildman–Crippen LogP) is 10.7. The molecule has 0 N–H and O–H groups in total. The lowest BCUT2D eigenvalue weighted by molar-refractivity contribution is 0.670. The number of fused-ring (bicyclic) bond motifs is 11. The van der Waals surface area contributed by atoms with E-state index >= 15 is 0 Å². The molecule has 0 atom stereocenters. The van der Waals surface area contributed by atoms with Crippen LogP contribution < -0.4 is 0 Å². The Bertz CT molecular complexity index is 2730. The monoisotopic (exact) mass is 567 g/mol. The maximum absolute atomic E-state index is 6.66. The summed E-state index contributed by atoms with van der Waals surface area (Å²) in [5.41, 5.74) is 6.31. The molecule has 0 saturated heterocycles. The highest BCUT2D eigenvalue weighted by molar-refractivity contribution is 7.25. The molecular weight excluding hydrogens is 547 g/mol. The van der Waals surface area contributed by atoms with Gasteiger partial charge in [0, 0.05) is 47.3 Å². The van der Waals surface area contributed by atoms with Crippen molar-refractivity contribution in [1.82, 2.24) is 14.5 Å². The summed E-state index contributed by atoms with van der Waals surface area (Å²) in [6.07, 6.45) is 0. The van der Waals surface area contributed by atoms with Gasteiger partial charge in [-0.15, -0.1) is 11.3 Å². The van der Waals surface area contributed by atoms with Gasteiger partial charge >= 0.3 is 0 Å². The Morgan fingerprint density at radius 1 is 0.512 bits per heavy atom. The quantitative estimate of drug-likeness (QED) is 0.209. The smallest absolute Gasteiger partial charge is 0.236 e. The molecule has 6 aromatic carbocycles. The molecule has 0 fully saturated rings. The molecule has 4 aromatic heterocycles. The molecular formula is C38H21N3OS. The van der Waals surface area contributed by atoms with Crippen molar-refractivity contribution in [3.8, 4) is 17.2 Å². The molecule has 200 valence electrons. The molecule has 10 rings (SSSR count). The summed E-state index contributed by atoms with van der Waals surface area (Å²) in [7, 11) is 0. The second-order valence-electron chi connectivity index (χ2n) is 11.0. The third-order valence-corrected chi connectivity index (χ3v) is 9.74. The highest BCUT2D eigenvalue weighted by Gasteiger charge is 2.22. The van der Waals surface area contributed by atoms with Crippen LogP contribution in [-0.2, 0) is 0 Å². The van der Waals surface area contributed by atoms with Crippen molar-refractivity contribution in [3.63, 3.8) is 0 Å². The lowest BCUT2D eigenvalue weighted by Gasteiger charge is -2.09. The number of thiophene rings is 1. The van der Waals surface area contributed by atoms with Crippen molar-refractivity contribution in [3.05, 3.63) is 127 Å². The van der Waals surface area contributed by atoms with Crippen LogP contribution in [0.3, 0.4) is 0 Å². The second-order valence-corrected chi connectivity index (χ2v) is 12.1. The summed E-state index contributed by atoms with van der Waals surface area (Å²) in [5, 5.41) is 8.15. The Labute approximate surface area is 249 Å². The van der Waals surface area contributed by atoms with Crippen LogP contribution in [0.1, 0.15) is 0 Å². The molecule has 0 radical (unpaired) electrons. The highest BCUT2D eigenvalue weighted by Crippen LogP contribution is 2.42. The molecule has 0 aliphatic rings. The Hall–Kier alpha value is -5.52. The van der Waals surface area contributed by atoms with E-state index in [0.29, 0.717) is 11.5 Å². The molecule has 4 heterocycles. The van der Waals surface area contributed by atoms with Crippen molar-refractivity contribution in [1.29, 1.82) is 0 Å². The number of benzene rings is 6. The zero-order valence-corrected chi connectivity index (χ0v) is 23.6. The van der Waals surface area contributed by atoms with E-state index in [-0.39, 0.29) is 0 Å². The first-order valence-corrected chi connectivity index (χ1v) is 15.2. The van der Waals surface area contributed by atoms with Crippen LogP contribution in [0.4, 0.5) is 0 Å². The van der Waals surface area contributed by atoms with Crippen LogP contribution in [0.15, 0.2) is 132 Å². The summed E-state index contributed by atoms with van der Waals surface area (Å²) < 4.78 is 11.4. The first-order chi connectivity index (χ1) is 21.3. The van der Waals surface area contributed by atoms with Crippen molar-refractivity contribution < 1.29 is 4.42 Å². The second kappa shape index (κ2) is 8.51. The first-order valence-electron chi connectivity index (χ1n) is 14.3. The van der Waals surface area contributed by atoms with Crippen molar-refractivity contribution >= 4 is 86.2 Å². The zero-order valence-electron chi connectivity index (χ0n) is 22.8. The average Bonchev–Trinajstić information content (AvgIpc) is 3.73. The third kappa shape index (κ3) is 3.20. The van der Waals surface area contributed by atoms with E-state index < -0.39 is 0 Å². The van der Waals surface area contributed by atoms with Gasteiger partial charge in [0.2, 0.25) is 5.95 Å². The third-order valence-electron chi connectivity index (χ3n) is 8.61. The van der Waals surface area contributed by atoms with Crippen molar-refractivity contribution in [2.24, 2.45) is 0 Å². The Morgan fingerprint density at radius 3 is 2.19 bits per heavy atom. The fourth-order valence-corrected chi connectivity index (χ4v) is 7.77. The molecule has 0 unspecified atom stereocenters. The van der Waals surface area contributed by atoms with E-state index in [1.165, 1.54) is 30.9 Å². The summed E-state index contributed by atoms with van der Waals surface area (Å²) >= 11 is 1.83. The maximum Gasteiger partial charge on any atom is 0.236 e. The van der Waals surface area contributed by atoms with Crippen LogP contribution in [0.5, 0.6) is 0 Å². The number of aromatic nitrogens is 3. The van der Waals surface area contributed by atoms with Crippen LogP contribution in [0.25, 0.3) is 92.0 Å². The zero-order chi connectivity index (χ0) is 28.1. The van der Waals surface area contributed by atoms with E-state index in [1.807, 2.05) is 29.5 Å². The lowest BCUT2D eigenvalue weighted by Crippen LogP contribution is -2.02. The molecule has 43 heavy (non-hydrogen) atoms. The Balaban J connectivity index is 1.36. The van der Waals surface area contributed by atoms with E-state index in [9.17, 15) is 0 Å². The van der Waals surface area contributed by atoms with Crippen molar-refractivity contribution in [2.45, 2.75) is 0 Å². The van der Waals surface area contributed by atoms with Crippen LogP contribution >= 0.6 is 11.3 Å². The number of hydrogen-bond acceptors (Lipinski definition) is 4. The summed E-state index contributed by atoms with van der Waals surface area (Å²) in [5.74, 6) is 0.633. The van der Waals surface area contributed by atoms with Gasteiger partial charge in [0.25, 0.3) is 0 Å². The molecule has 0 bridgehead atoms. The van der Waals surface area contributed by atoms with Crippen LogP contribution in [-0.4, -0.2) is 14.5 Å². The Morgan fingerprint density at radius 2 is 1.28 bits per heavy atom. The SMILES string of the molecule is c1ccc(-c2nc(-n3c4ccccc4c4cc5c(cc43)sc3ccccc35)nc3c2oc2c4ccccc4ccc32)cc1. The van der Waals surface area contributed by atoms with Gasteiger partial charge in [-0.05, 0) is 35.7 Å². The minimum atomic E-state index is 0.633. The summed E-state index contributed by atoms with van der Waals surface area (Å²) in [6, 6.07) is 44.8. The standard InChI is InChI=1S/C38H21N3OS/c1-2-11-23(12-3-1)34-37-35(27-19-18-22-10-4-5-13-24(22)36(27)42-37)40-38(39-34)41-30-16-8-6-14-25(30)28-20-29-26-15-7-9-17-32(26)43-33(29)21-31(28)41/h1-21H.